The molecule has 4 rings (SSSR count). The van der Waals surface area contributed by atoms with Gasteiger partial charge >= 0.3 is 0 Å². The summed E-state index contributed by atoms with van der Waals surface area (Å²) in [6.07, 6.45) is 4.55. The molecule has 1 saturated heterocycles. The summed E-state index contributed by atoms with van der Waals surface area (Å²) in [5.41, 5.74) is 1.73. The van der Waals surface area contributed by atoms with Crippen molar-refractivity contribution in [2.75, 3.05) is 13.2 Å². The van der Waals surface area contributed by atoms with Gasteiger partial charge in [0.25, 0.3) is 11.5 Å². The van der Waals surface area contributed by atoms with Crippen LogP contribution < -0.4 is 15.6 Å². The van der Waals surface area contributed by atoms with Crippen LogP contribution in [0.2, 0.25) is 0 Å². The second kappa shape index (κ2) is 9.67. The molecule has 2 aromatic heterocycles. The summed E-state index contributed by atoms with van der Waals surface area (Å²) >= 11 is 0. The normalized spacial score (nSPS) is 15.9. The largest absolute Gasteiger partial charge is 0.438 e. The molecule has 0 unspecified atom stereocenters. The molecule has 0 bridgehead atoms. The van der Waals surface area contributed by atoms with Gasteiger partial charge in [-0.2, -0.15) is 10.2 Å². The van der Waals surface area contributed by atoms with Crippen LogP contribution in [0, 0.1) is 25.2 Å². The minimum atomic E-state index is -0.581. The number of nitrogens with one attached hydrogen (secondary N) is 1. The monoisotopic (exact) mass is 444 g/mol. The van der Waals surface area contributed by atoms with Crippen LogP contribution in [0.3, 0.4) is 0 Å². The maximum Gasteiger partial charge on any atom is 0.269 e. The third kappa shape index (κ3) is 5.10. The van der Waals surface area contributed by atoms with Crippen molar-refractivity contribution in [3.8, 4) is 17.7 Å². The lowest BCUT2D eigenvalue weighted by Gasteiger charge is -2.12. The van der Waals surface area contributed by atoms with E-state index in [1.807, 2.05) is 38.1 Å². The fourth-order valence-corrected chi connectivity index (χ4v) is 3.79. The molecule has 1 N–H and O–H groups in total. The molecule has 1 amide bonds. The molecular formula is C25H24N4O4. The van der Waals surface area contributed by atoms with Crippen LogP contribution in [0.25, 0.3) is 11.7 Å². The molecule has 8 heteroatoms. The van der Waals surface area contributed by atoms with Gasteiger partial charge in [-0.25, -0.2) is 0 Å². The van der Waals surface area contributed by atoms with E-state index < -0.39 is 11.5 Å². The van der Waals surface area contributed by atoms with E-state index in [9.17, 15) is 14.9 Å². The number of benzene rings is 1. The Kier molecular flexibility index (Phi) is 6.52. The first-order chi connectivity index (χ1) is 15.9. The maximum atomic E-state index is 13.3. The zero-order valence-electron chi connectivity index (χ0n) is 18.5. The Morgan fingerprint density at radius 1 is 1.33 bits per heavy atom. The summed E-state index contributed by atoms with van der Waals surface area (Å²) < 4.78 is 12.8. The van der Waals surface area contributed by atoms with Gasteiger partial charge in [-0.3, -0.25) is 14.0 Å². The number of nitriles is 1. The van der Waals surface area contributed by atoms with Gasteiger partial charge in [-0.1, -0.05) is 12.1 Å². The lowest BCUT2D eigenvalue weighted by atomic mass is 10.1. The molecule has 1 aliphatic rings. The van der Waals surface area contributed by atoms with Crippen molar-refractivity contribution < 1.29 is 14.3 Å². The number of ether oxygens (including phenoxy) is 2. The average molecular weight is 444 g/mol. The van der Waals surface area contributed by atoms with Gasteiger partial charge in [0.15, 0.2) is 0 Å². The molecule has 0 radical (unpaired) electrons. The summed E-state index contributed by atoms with van der Waals surface area (Å²) in [5.74, 6) is -0.0468. The molecule has 1 aliphatic heterocycles. The molecule has 8 nitrogen and oxygen atoms in total. The summed E-state index contributed by atoms with van der Waals surface area (Å²) in [7, 11) is 0. The van der Waals surface area contributed by atoms with Crippen LogP contribution in [-0.4, -0.2) is 34.5 Å². The van der Waals surface area contributed by atoms with Crippen molar-refractivity contribution in [2.45, 2.75) is 32.8 Å². The first-order valence-electron chi connectivity index (χ1n) is 10.7. The SMILES string of the molecule is Cc1cc(C)cc(Oc2nc3ccccn3c(=O)c2/C=C(\C#N)C(=O)NC[C@H]2CCCO2)c1. The standard InChI is InChI=1S/C25H24N4O4/c1-16-10-17(2)12-20(11-16)33-24-21(25(31)29-8-4-3-7-22(29)28-24)13-18(14-26)23(30)27-15-19-6-5-9-32-19/h3-4,7-8,10-13,19H,5-6,9,15H2,1-2H3,(H,27,30)/b18-13+/t19-/m1/s1. The van der Waals surface area contributed by atoms with E-state index in [0.717, 1.165) is 24.0 Å². The van der Waals surface area contributed by atoms with E-state index in [1.165, 1.54) is 10.5 Å². The first-order valence-corrected chi connectivity index (χ1v) is 10.7. The van der Waals surface area contributed by atoms with E-state index >= 15 is 0 Å². The van der Waals surface area contributed by atoms with E-state index in [4.69, 9.17) is 9.47 Å². The number of pyridine rings is 1. The Balaban J connectivity index is 1.74. The molecule has 3 aromatic rings. The molecule has 168 valence electrons. The fourth-order valence-electron chi connectivity index (χ4n) is 3.79. The summed E-state index contributed by atoms with van der Waals surface area (Å²) in [6, 6.07) is 12.7. The summed E-state index contributed by atoms with van der Waals surface area (Å²) in [6.45, 7) is 4.85. The van der Waals surface area contributed by atoms with Crippen LogP contribution in [0.4, 0.5) is 0 Å². The minimum absolute atomic E-state index is 0.0154. The van der Waals surface area contributed by atoms with Crippen LogP contribution in [0.15, 0.2) is 53.0 Å². The van der Waals surface area contributed by atoms with Crippen LogP contribution in [-0.2, 0) is 9.53 Å². The number of amides is 1. The summed E-state index contributed by atoms with van der Waals surface area (Å²) in [4.78, 5) is 30.4. The molecule has 0 spiro atoms. The number of nitrogens with zero attached hydrogens (tertiary/aromatic N) is 3. The van der Waals surface area contributed by atoms with E-state index in [0.29, 0.717) is 24.5 Å². The van der Waals surface area contributed by atoms with Gasteiger partial charge in [0.05, 0.1) is 6.10 Å². The zero-order chi connectivity index (χ0) is 23.4. The van der Waals surface area contributed by atoms with Crippen LogP contribution in [0.5, 0.6) is 11.6 Å². The maximum absolute atomic E-state index is 13.3. The van der Waals surface area contributed by atoms with E-state index in [1.54, 1.807) is 24.4 Å². The number of hydrogen-bond acceptors (Lipinski definition) is 6. The van der Waals surface area contributed by atoms with Crippen molar-refractivity contribution in [3.63, 3.8) is 0 Å². The molecule has 1 atom stereocenters. The quantitative estimate of drug-likeness (QED) is 0.462. The highest BCUT2D eigenvalue weighted by Crippen LogP contribution is 2.26. The molecule has 33 heavy (non-hydrogen) atoms. The Labute approximate surface area is 191 Å². The molecule has 1 aromatic carbocycles. The van der Waals surface area contributed by atoms with Gasteiger partial charge < -0.3 is 14.8 Å². The summed E-state index contributed by atoms with van der Waals surface area (Å²) in [5, 5.41) is 12.3. The number of fused-ring (bicyclic) bond motifs is 1. The van der Waals surface area contributed by atoms with Gasteiger partial charge in [0, 0.05) is 19.3 Å². The first kappa shape index (κ1) is 22.2. The van der Waals surface area contributed by atoms with Crippen molar-refractivity contribution >= 4 is 17.6 Å². The Hall–Kier alpha value is -3.96. The molecular weight excluding hydrogens is 420 g/mol. The highest BCUT2D eigenvalue weighted by atomic mass is 16.5. The van der Waals surface area contributed by atoms with Crippen molar-refractivity contribution in [1.82, 2.24) is 14.7 Å². The topological polar surface area (TPSA) is 106 Å². The third-order valence-electron chi connectivity index (χ3n) is 5.31. The minimum Gasteiger partial charge on any atom is -0.438 e. The number of carbonyl (C=O) groups excluding carboxylic acids is 1. The number of hydrogen-bond donors (Lipinski definition) is 1. The van der Waals surface area contributed by atoms with E-state index in [-0.39, 0.29) is 23.1 Å². The van der Waals surface area contributed by atoms with Crippen molar-refractivity contribution in [1.29, 1.82) is 5.26 Å². The number of aryl methyl sites for hydroxylation is 2. The zero-order valence-corrected chi connectivity index (χ0v) is 18.5. The van der Waals surface area contributed by atoms with Gasteiger partial charge in [-0.05, 0) is 68.2 Å². The van der Waals surface area contributed by atoms with Gasteiger partial charge in [-0.15, -0.1) is 0 Å². The molecule has 3 heterocycles. The molecule has 0 saturated carbocycles. The smallest absolute Gasteiger partial charge is 0.269 e. The number of rotatable bonds is 6. The predicted octanol–water partition coefficient (Wildman–Crippen LogP) is 3.31. The Bertz CT molecular complexity index is 1310. The second-order valence-corrected chi connectivity index (χ2v) is 8.00. The van der Waals surface area contributed by atoms with Crippen molar-refractivity contribution in [3.05, 3.63) is 75.2 Å². The van der Waals surface area contributed by atoms with Crippen LogP contribution in [0.1, 0.15) is 29.5 Å². The highest BCUT2D eigenvalue weighted by Gasteiger charge is 2.20. The highest BCUT2D eigenvalue weighted by molar-refractivity contribution is 6.01. The Morgan fingerprint density at radius 2 is 2.12 bits per heavy atom. The van der Waals surface area contributed by atoms with Gasteiger partial charge in [0.1, 0.15) is 28.6 Å². The molecule has 0 aliphatic carbocycles. The lowest BCUT2D eigenvalue weighted by molar-refractivity contribution is -0.117. The van der Waals surface area contributed by atoms with Crippen LogP contribution >= 0.6 is 0 Å². The fraction of sp³-hybridized carbons (Fsp3) is 0.280. The lowest BCUT2D eigenvalue weighted by Crippen LogP contribution is -2.32. The molecule has 1 fully saturated rings. The van der Waals surface area contributed by atoms with E-state index in [2.05, 4.69) is 10.3 Å². The second-order valence-electron chi connectivity index (χ2n) is 8.00. The average Bonchev–Trinajstić information content (AvgIpc) is 3.30. The number of aromatic nitrogens is 2. The third-order valence-corrected chi connectivity index (χ3v) is 5.31. The van der Waals surface area contributed by atoms with Crippen molar-refractivity contribution in [2.24, 2.45) is 0 Å². The predicted molar refractivity (Wildman–Crippen MR) is 123 cm³/mol. The Morgan fingerprint density at radius 3 is 2.82 bits per heavy atom. The van der Waals surface area contributed by atoms with Gasteiger partial charge in [0.2, 0.25) is 5.88 Å². The number of carbonyl (C=O) groups is 1.